The van der Waals surface area contributed by atoms with Gasteiger partial charge in [0, 0.05) is 24.7 Å². The van der Waals surface area contributed by atoms with Crippen LogP contribution in [0.25, 0.3) is 11.0 Å². The average Bonchev–Trinajstić information content (AvgIpc) is 2.69. The molecule has 0 radical (unpaired) electrons. The van der Waals surface area contributed by atoms with E-state index in [1.54, 1.807) is 36.4 Å². The fraction of sp³-hybridized carbons (Fsp3) is 0.200. The highest BCUT2D eigenvalue weighted by atomic mass is 35.5. The summed E-state index contributed by atoms with van der Waals surface area (Å²) in [6.45, 7) is 0.301. The number of anilines is 1. The van der Waals surface area contributed by atoms with Crippen molar-refractivity contribution in [1.82, 2.24) is 0 Å². The zero-order valence-corrected chi connectivity index (χ0v) is 16.3. The number of rotatable bonds is 4. The molecule has 8 heteroatoms. The van der Waals surface area contributed by atoms with Gasteiger partial charge in [0.05, 0.1) is 21.7 Å². The van der Waals surface area contributed by atoms with Gasteiger partial charge in [-0.2, -0.15) is 0 Å². The van der Waals surface area contributed by atoms with Gasteiger partial charge in [0.25, 0.3) is 5.91 Å². The lowest BCUT2D eigenvalue weighted by atomic mass is 10.0. The molecule has 1 aliphatic heterocycles. The Morgan fingerprint density at radius 2 is 2.00 bits per heavy atom. The second kappa shape index (κ2) is 7.47. The third-order valence-corrected chi connectivity index (χ3v) is 5.07. The minimum absolute atomic E-state index is 0.00128. The van der Waals surface area contributed by atoms with E-state index in [2.05, 4.69) is 0 Å². The van der Waals surface area contributed by atoms with Crippen molar-refractivity contribution in [3.63, 3.8) is 0 Å². The van der Waals surface area contributed by atoms with Gasteiger partial charge in [-0.05, 0) is 30.7 Å². The highest BCUT2D eigenvalue weighted by molar-refractivity contribution is 6.34. The first kappa shape index (κ1) is 18.8. The van der Waals surface area contributed by atoms with Gasteiger partial charge >= 0.3 is 0 Å². The molecule has 28 heavy (non-hydrogen) atoms. The van der Waals surface area contributed by atoms with E-state index in [-0.39, 0.29) is 28.6 Å². The van der Waals surface area contributed by atoms with E-state index in [0.717, 1.165) is 0 Å². The molecule has 0 saturated heterocycles. The molecule has 0 N–H and O–H groups in total. The number of hydrogen-bond acceptors (Lipinski definition) is 5. The number of halogens is 2. The maximum absolute atomic E-state index is 13.2. The first-order valence-corrected chi connectivity index (χ1v) is 9.24. The van der Waals surface area contributed by atoms with Crippen molar-refractivity contribution in [2.24, 2.45) is 0 Å². The van der Waals surface area contributed by atoms with E-state index in [1.165, 1.54) is 12.0 Å². The molecule has 1 aliphatic rings. The highest BCUT2D eigenvalue weighted by Crippen LogP contribution is 2.35. The summed E-state index contributed by atoms with van der Waals surface area (Å²) in [5, 5.41) is 1.10. The molecule has 0 spiro atoms. The van der Waals surface area contributed by atoms with Crippen molar-refractivity contribution in [1.29, 1.82) is 0 Å². The van der Waals surface area contributed by atoms with Crippen LogP contribution in [0.2, 0.25) is 10.0 Å². The predicted molar refractivity (Wildman–Crippen MR) is 107 cm³/mol. The fourth-order valence-corrected chi connectivity index (χ4v) is 3.62. The summed E-state index contributed by atoms with van der Waals surface area (Å²) in [7, 11) is 1.50. The molecule has 0 fully saturated rings. The Hall–Kier alpha value is -2.54. The molecule has 0 saturated carbocycles. The lowest BCUT2D eigenvalue weighted by Crippen LogP contribution is -2.40. The van der Waals surface area contributed by atoms with Crippen LogP contribution in [0.3, 0.4) is 0 Å². The SMILES string of the molecule is COCOc1cc(Cl)ccc1N1CCc2c(oc3c(Cl)cccc3c2=O)C1=O. The number of nitrogens with zero attached hydrogens (tertiary/aromatic N) is 1. The molecule has 2 heterocycles. The van der Waals surface area contributed by atoms with Crippen LogP contribution < -0.4 is 15.1 Å². The smallest absolute Gasteiger partial charge is 0.294 e. The van der Waals surface area contributed by atoms with Crippen LogP contribution in [-0.2, 0) is 11.2 Å². The summed E-state index contributed by atoms with van der Waals surface area (Å²) >= 11 is 12.2. The summed E-state index contributed by atoms with van der Waals surface area (Å²) in [4.78, 5) is 27.5. The largest absolute Gasteiger partial charge is 0.465 e. The van der Waals surface area contributed by atoms with Gasteiger partial charge in [-0.15, -0.1) is 0 Å². The summed E-state index contributed by atoms with van der Waals surface area (Å²) in [5.41, 5.74) is 0.831. The summed E-state index contributed by atoms with van der Waals surface area (Å²) in [6.07, 6.45) is 0.345. The number of ether oxygens (including phenoxy) is 2. The number of amides is 1. The molecule has 1 amide bonds. The predicted octanol–water partition coefficient (Wildman–Crippen LogP) is 4.29. The number of hydrogen-bond donors (Lipinski definition) is 0. The molecular weight excluding hydrogens is 405 g/mol. The third kappa shape index (κ3) is 3.13. The maximum Gasteiger partial charge on any atom is 0.294 e. The third-order valence-electron chi connectivity index (χ3n) is 4.53. The molecule has 0 bridgehead atoms. The topological polar surface area (TPSA) is 69.0 Å². The zero-order valence-electron chi connectivity index (χ0n) is 14.8. The Bertz CT molecular complexity index is 1140. The molecule has 6 nitrogen and oxygen atoms in total. The Balaban J connectivity index is 1.82. The Labute approximate surface area is 170 Å². The molecule has 0 atom stereocenters. The van der Waals surface area contributed by atoms with Crippen LogP contribution in [0.4, 0.5) is 5.69 Å². The van der Waals surface area contributed by atoms with Crippen molar-refractivity contribution in [3.05, 3.63) is 68.0 Å². The Morgan fingerprint density at radius 3 is 2.79 bits per heavy atom. The number of para-hydroxylation sites is 1. The summed E-state index contributed by atoms with van der Waals surface area (Å²) < 4.78 is 16.3. The molecule has 0 unspecified atom stereocenters. The standard InChI is InChI=1S/C20H15Cl2NO5/c1-26-10-27-16-9-11(21)5-6-15(16)23-8-7-13-17(24)12-3-2-4-14(22)18(12)28-19(13)20(23)25/h2-6,9H,7-8,10H2,1H3. The van der Waals surface area contributed by atoms with E-state index < -0.39 is 5.91 Å². The lowest BCUT2D eigenvalue weighted by Gasteiger charge is -2.28. The van der Waals surface area contributed by atoms with E-state index in [1.807, 2.05) is 0 Å². The van der Waals surface area contributed by atoms with Crippen LogP contribution in [0.5, 0.6) is 5.75 Å². The number of carbonyl (C=O) groups is 1. The second-order valence-electron chi connectivity index (χ2n) is 6.23. The van der Waals surface area contributed by atoms with Crippen molar-refractivity contribution in [2.45, 2.75) is 6.42 Å². The number of fused-ring (bicyclic) bond motifs is 2. The molecule has 0 aliphatic carbocycles. The number of benzene rings is 2. The van der Waals surface area contributed by atoms with Gasteiger partial charge in [-0.25, -0.2) is 0 Å². The quantitative estimate of drug-likeness (QED) is 0.590. The first-order chi connectivity index (χ1) is 13.5. The normalized spacial score (nSPS) is 13.7. The molecule has 3 aromatic rings. The number of methoxy groups -OCH3 is 1. The molecule has 2 aromatic carbocycles. The van der Waals surface area contributed by atoms with Crippen molar-refractivity contribution in [2.75, 3.05) is 25.3 Å². The number of carbonyl (C=O) groups excluding carboxylic acids is 1. The summed E-state index contributed by atoms with van der Waals surface area (Å²) in [5.74, 6) is -0.0541. The van der Waals surface area contributed by atoms with Crippen molar-refractivity contribution < 1.29 is 18.7 Å². The second-order valence-corrected chi connectivity index (χ2v) is 7.07. The van der Waals surface area contributed by atoms with E-state index in [9.17, 15) is 9.59 Å². The molecule has 1 aromatic heterocycles. The highest BCUT2D eigenvalue weighted by Gasteiger charge is 2.32. The lowest BCUT2D eigenvalue weighted by molar-refractivity contribution is 0.0513. The average molecular weight is 420 g/mol. The van der Waals surface area contributed by atoms with Gasteiger partial charge in [0.1, 0.15) is 5.75 Å². The maximum atomic E-state index is 13.2. The van der Waals surface area contributed by atoms with Gasteiger partial charge < -0.3 is 18.8 Å². The van der Waals surface area contributed by atoms with Crippen LogP contribution in [-0.4, -0.2) is 26.4 Å². The zero-order chi connectivity index (χ0) is 19.8. The van der Waals surface area contributed by atoms with Crippen molar-refractivity contribution in [3.8, 4) is 5.75 Å². The monoisotopic (exact) mass is 419 g/mol. The van der Waals surface area contributed by atoms with Gasteiger partial charge in [-0.1, -0.05) is 29.3 Å². The van der Waals surface area contributed by atoms with Gasteiger partial charge in [-0.3, -0.25) is 9.59 Å². The molecule has 4 rings (SSSR count). The summed E-state index contributed by atoms with van der Waals surface area (Å²) in [6, 6.07) is 9.87. The minimum atomic E-state index is -0.440. The fourth-order valence-electron chi connectivity index (χ4n) is 3.25. The molecule has 144 valence electrons. The Kier molecular flexibility index (Phi) is 5.02. The van der Waals surface area contributed by atoms with Gasteiger partial charge in [0.2, 0.25) is 0 Å². The van der Waals surface area contributed by atoms with Crippen LogP contribution in [0, 0.1) is 0 Å². The van der Waals surface area contributed by atoms with Crippen molar-refractivity contribution >= 4 is 45.8 Å². The van der Waals surface area contributed by atoms with E-state index in [4.69, 9.17) is 37.1 Å². The van der Waals surface area contributed by atoms with Crippen LogP contribution in [0.15, 0.2) is 45.6 Å². The Morgan fingerprint density at radius 1 is 1.18 bits per heavy atom. The first-order valence-electron chi connectivity index (χ1n) is 8.48. The minimum Gasteiger partial charge on any atom is -0.465 e. The van der Waals surface area contributed by atoms with Crippen LogP contribution >= 0.6 is 23.2 Å². The van der Waals surface area contributed by atoms with Gasteiger partial charge in [0.15, 0.2) is 23.6 Å². The van der Waals surface area contributed by atoms with E-state index >= 15 is 0 Å². The van der Waals surface area contributed by atoms with E-state index in [0.29, 0.717) is 40.4 Å². The van der Waals surface area contributed by atoms with Crippen LogP contribution in [0.1, 0.15) is 16.1 Å². The molecular formula is C20H15Cl2NO5.